The predicted octanol–water partition coefficient (Wildman–Crippen LogP) is 13.8. The molecule has 0 aromatic heterocycles. The van der Waals surface area contributed by atoms with Gasteiger partial charge in [0.1, 0.15) is 0 Å². The van der Waals surface area contributed by atoms with Crippen LogP contribution in [0.5, 0.6) is 0 Å². The summed E-state index contributed by atoms with van der Waals surface area (Å²) in [5, 5.41) is 0. The lowest BCUT2D eigenvalue weighted by molar-refractivity contribution is -0.0360. The van der Waals surface area contributed by atoms with Crippen molar-refractivity contribution in [2.24, 2.45) is 87.8 Å². The quantitative estimate of drug-likeness (QED) is 0.186. The smallest absolute Gasteiger partial charge is 0.0577 e. The van der Waals surface area contributed by atoms with Crippen LogP contribution in [0.4, 0.5) is 0 Å². The second-order valence-corrected chi connectivity index (χ2v) is 26.0. The van der Waals surface area contributed by atoms with Gasteiger partial charge in [-0.25, -0.2) is 0 Å². The number of hydrogen-bond acceptors (Lipinski definition) is 0. The third-order valence-electron chi connectivity index (χ3n) is 17.0. The second-order valence-electron chi connectivity index (χ2n) is 21.1. The van der Waals surface area contributed by atoms with Crippen LogP contribution in [0.1, 0.15) is 160 Å². The van der Waals surface area contributed by atoms with Gasteiger partial charge in [-0.15, -0.1) is 0 Å². The molecule has 0 radical (unpaired) electrons. The first-order chi connectivity index (χ1) is 20.5. The zero-order valence-electron chi connectivity index (χ0n) is 32.4. The minimum atomic E-state index is -1.52. The molecule has 0 N–H and O–H groups in total. The largest absolute Gasteiger partial charge is 0.0687 e. The van der Waals surface area contributed by atoms with Crippen LogP contribution < -0.4 is 0 Å². The first-order valence-electron chi connectivity index (χ1n) is 20.5. The number of rotatable bonds is 8. The van der Waals surface area contributed by atoms with Crippen LogP contribution in [0.25, 0.3) is 0 Å². The molecule has 0 spiro atoms. The predicted molar refractivity (Wildman–Crippen MR) is 198 cm³/mol. The van der Waals surface area contributed by atoms with Gasteiger partial charge in [-0.3, -0.25) is 0 Å². The summed E-state index contributed by atoms with van der Waals surface area (Å²) in [7, 11) is -1.52. The van der Waals surface area contributed by atoms with Gasteiger partial charge in [0, 0.05) is 0 Å². The minimum absolute atomic E-state index is 0.447. The maximum Gasteiger partial charge on any atom is 0.0577 e. The van der Waals surface area contributed by atoms with Crippen LogP contribution in [-0.4, -0.2) is 8.07 Å². The zero-order valence-corrected chi connectivity index (χ0v) is 33.4. The molecule has 0 saturated heterocycles. The van der Waals surface area contributed by atoms with E-state index in [0.717, 1.165) is 88.0 Å². The topological polar surface area (TPSA) is 0 Å². The molecule has 0 aromatic rings. The molecule has 0 aromatic carbocycles. The van der Waals surface area contributed by atoms with E-state index in [9.17, 15) is 0 Å². The Morgan fingerprint density at radius 2 is 1.16 bits per heavy atom. The summed E-state index contributed by atoms with van der Waals surface area (Å²) in [5.41, 5.74) is 3.03. The van der Waals surface area contributed by atoms with Gasteiger partial charge in [-0.05, 0) is 137 Å². The highest BCUT2D eigenvalue weighted by molar-refractivity contribution is 6.81. The Morgan fingerprint density at radius 3 is 1.70 bits per heavy atom. The Bertz CT molecular complexity index is 902. The number of fused-ring (bicyclic) bond motifs is 2. The summed E-state index contributed by atoms with van der Waals surface area (Å²) < 4.78 is 0. The van der Waals surface area contributed by atoms with E-state index in [0.29, 0.717) is 10.8 Å². The summed E-state index contributed by atoms with van der Waals surface area (Å²) in [6.07, 6.45) is 18.4. The van der Waals surface area contributed by atoms with Crippen molar-refractivity contribution in [3.05, 3.63) is 0 Å². The molecular formula is C43H80Si. The van der Waals surface area contributed by atoms with Gasteiger partial charge in [-0.2, -0.15) is 0 Å². The van der Waals surface area contributed by atoms with Crippen LogP contribution in [0.3, 0.4) is 0 Å². The molecule has 1 heteroatoms. The van der Waals surface area contributed by atoms with Crippen LogP contribution in [0.2, 0.25) is 23.7 Å². The van der Waals surface area contributed by atoms with Crippen molar-refractivity contribution < 1.29 is 0 Å². The van der Waals surface area contributed by atoms with Crippen molar-refractivity contribution in [1.29, 1.82) is 0 Å². The first-order valence-corrected chi connectivity index (χ1v) is 23.4. The highest BCUT2D eigenvalue weighted by atomic mass is 28.3. The van der Waals surface area contributed by atoms with Gasteiger partial charge in [0.25, 0.3) is 0 Å². The minimum Gasteiger partial charge on any atom is -0.0687 e. The average Bonchev–Trinajstić information content (AvgIpc) is 3.59. The van der Waals surface area contributed by atoms with E-state index in [1.165, 1.54) is 32.1 Å². The Kier molecular flexibility index (Phi) is 10.7. The third kappa shape index (κ3) is 6.48. The fourth-order valence-electron chi connectivity index (χ4n) is 14.4. The summed E-state index contributed by atoms with van der Waals surface area (Å²) in [6.45, 7) is 34.5. The van der Waals surface area contributed by atoms with E-state index < -0.39 is 8.07 Å². The summed E-state index contributed by atoms with van der Waals surface area (Å²) >= 11 is 0. The van der Waals surface area contributed by atoms with Crippen molar-refractivity contribution in [2.45, 2.75) is 184 Å². The van der Waals surface area contributed by atoms with Crippen LogP contribution in [0.15, 0.2) is 0 Å². The fraction of sp³-hybridized carbons (Fsp3) is 1.00. The second kappa shape index (κ2) is 13.3. The SMILES string of the molecule is CCCCCC[Si](C)(C1C(C)C(C)C(C)C1C)C1C(C)CC2C1CC1CCCC1C2C1CC(C(C)(C)C)CC(C(C)(C)C)C1. The molecular weight excluding hydrogens is 545 g/mol. The lowest BCUT2D eigenvalue weighted by Gasteiger charge is -2.55. The third-order valence-corrected chi connectivity index (χ3v) is 23.5. The van der Waals surface area contributed by atoms with Gasteiger partial charge in [0.15, 0.2) is 0 Å². The fourth-order valence-corrected chi connectivity index (χ4v) is 22.4. The molecule has 5 fully saturated rings. The molecule has 5 aliphatic carbocycles. The highest BCUT2D eigenvalue weighted by Gasteiger charge is 2.63. The Balaban J connectivity index is 1.51. The molecule has 14 atom stereocenters. The van der Waals surface area contributed by atoms with E-state index in [-0.39, 0.29) is 0 Å². The van der Waals surface area contributed by atoms with Crippen LogP contribution >= 0.6 is 0 Å². The van der Waals surface area contributed by atoms with E-state index in [1.807, 2.05) is 0 Å². The van der Waals surface area contributed by atoms with Gasteiger partial charge >= 0.3 is 0 Å². The summed E-state index contributed by atoms with van der Waals surface area (Å²) in [6, 6.07) is 1.64. The number of unbranched alkanes of at least 4 members (excludes halogenated alkanes) is 3. The molecule has 0 heterocycles. The lowest BCUT2D eigenvalue weighted by Crippen LogP contribution is -2.51. The maximum absolute atomic E-state index is 3.03. The van der Waals surface area contributed by atoms with Gasteiger partial charge in [-0.1, -0.05) is 134 Å². The molecule has 0 amide bonds. The van der Waals surface area contributed by atoms with Gasteiger partial charge in [0.2, 0.25) is 0 Å². The molecule has 44 heavy (non-hydrogen) atoms. The van der Waals surface area contributed by atoms with Crippen molar-refractivity contribution in [2.75, 3.05) is 0 Å². The Labute approximate surface area is 278 Å². The molecule has 0 bridgehead atoms. The normalized spacial score (nSPS) is 47.8. The molecule has 0 nitrogen and oxygen atoms in total. The molecule has 5 aliphatic rings. The zero-order chi connectivity index (χ0) is 32.4. The van der Waals surface area contributed by atoms with E-state index >= 15 is 0 Å². The van der Waals surface area contributed by atoms with E-state index in [2.05, 4.69) is 89.6 Å². The molecule has 5 saturated carbocycles. The molecule has 0 aliphatic heterocycles. The monoisotopic (exact) mass is 625 g/mol. The van der Waals surface area contributed by atoms with Gasteiger partial charge in [0.05, 0.1) is 8.07 Å². The van der Waals surface area contributed by atoms with Crippen LogP contribution in [0, 0.1) is 87.8 Å². The average molecular weight is 625 g/mol. The Morgan fingerprint density at radius 1 is 0.568 bits per heavy atom. The standard InChI is InChI=1S/C43H80Si/c1-14-15-16-17-21-44(13,41-30(5)28(3)29(4)31(41)6)40-27(2)22-37-38(40)25-32-19-18-20-36(32)39(37)33-23-34(42(7,8)9)26-35(24-33)43(10,11)12/h27-41H,14-26H2,1-13H3. The first kappa shape index (κ1) is 35.5. The molecule has 14 unspecified atom stereocenters. The Hall–Kier alpha value is 0.217. The van der Waals surface area contributed by atoms with Crippen molar-refractivity contribution >= 4 is 8.07 Å². The highest BCUT2D eigenvalue weighted by Crippen LogP contribution is 2.69. The molecule has 256 valence electrons. The summed E-state index contributed by atoms with van der Waals surface area (Å²) in [5.74, 6) is 12.7. The van der Waals surface area contributed by atoms with Crippen molar-refractivity contribution in [3.8, 4) is 0 Å². The lowest BCUT2D eigenvalue weighted by atomic mass is 9.52. The van der Waals surface area contributed by atoms with E-state index in [4.69, 9.17) is 0 Å². The van der Waals surface area contributed by atoms with E-state index in [1.54, 1.807) is 51.0 Å². The summed E-state index contributed by atoms with van der Waals surface area (Å²) in [4.78, 5) is 0. The maximum atomic E-state index is 3.03. The molecule has 5 rings (SSSR count). The van der Waals surface area contributed by atoms with Crippen molar-refractivity contribution in [1.82, 2.24) is 0 Å². The van der Waals surface area contributed by atoms with Gasteiger partial charge < -0.3 is 0 Å². The van der Waals surface area contributed by atoms with Crippen LogP contribution in [-0.2, 0) is 0 Å². The number of hydrogen-bond donors (Lipinski definition) is 0. The van der Waals surface area contributed by atoms with Crippen molar-refractivity contribution in [3.63, 3.8) is 0 Å².